The summed E-state index contributed by atoms with van der Waals surface area (Å²) >= 11 is 5.65. The molecule has 0 radical (unpaired) electrons. The van der Waals surface area contributed by atoms with Crippen LogP contribution in [0.4, 0.5) is 0 Å². The Morgan fingerprint density at radius 1 is 1.17 bits per heavy atom. The third-order valence-electron chi connectivity index (χ3n) is 5.14. The summed E-state index contributed by atoms with van der Waals surface area (Å²) in [6.07, 6.45) is 4.76. The molecule has 3 heterocycles. The number of carboxylic acid groups (broad SMARTS) is 1. The predicted molar refractivity (Wildman–Crippen MR) is 115 cm³/mol. The van der Waals surface area contributed by atoms with Gasteiger partial charge in [0.25, 0.3) is 0 Å². The Hall–Kier alpha value is -3.19. The normalized spacial score (nSPS) is 18.7. The second-order valence-corrected chi connectivity index (χ2v) is 7.36. The molecule has 6 nitrogen and oxygen atoms in total. The van der Waals surface area contributed by atoms with Crippen molar-refractivity contribution in [3.63, 3.8) is 0 Å². The number of benzene rings is 1. The third kappa shape index (κ3) is 3.61. The van der Waals surface area contributed by atoms with Crippen molar-refractivity contribution in [3.05, 3.63) is 83.9 Å². The number of hydrogen-bond donors (Lipinski definition) is 2. The van der Waals surface area contributed by atoms with Gasteiger partial charge in [0.2, 0.25) is 0 Å². The molecule has 7 heteroatoms. The highest BCUT2D eigenvalue weighted by Crippen LogP contribution is 2.39. The van der Waals surface area contributed by atoms with Crippen LogP contribution in [0.25, 0.3) is 5.69 Å². The zero-order valence-corrected chi connectivity index (χ0v) is 16.8. The Bertz CT molecular complexity index is 1020. The summed E-state index contributed by atoms with van der Waals surface area (Å²) < 4.78 is 2.09. The SMILES string of the molecule is CCCN1C(=S)N[C@H](c2ccccn2)[C@H]1c1cccn1-c1ccc(C(=O)O)cc1. The summed E-state index contributed by atoms with van der Waals surface area (Å²) in [4.78, 5) is 18.0. The minimum Gasteiger partial charge on any atom is -0.478 e. The lowest BCUT2D eigenvalue weighted by molar-refractivity contribution is 0.0697. The molecule has 148 valence electrons. The molecule has 1 aliphatic rings. The van der Waals surface area contributed by atoms with E-state index in [9.17, 15) is 9.90 Å². The number of aromatic nitrogens is 2. The molecule has 29 heavy (non-hydrogen) atoms. The van der Waals surface area contributed by atoms with Gasteiger partial charge >= 0.3 is 5.97 Å². The summed E-state index contributed by atoms with van der Waals surface area (Å²) in [5, 5.41) is 13.3. The quantitative estimate of drug-likeness (QED) is 0.604. The molecular formula is C22H22N4O2S. The van der Waals surface area contributed by atoms with Gasteiger partial charge in [-0.2, -0.15) is 0 Å². The summed E-state index contributed by atoms with van der Waals surface area (Å²) in [6.45, 7) is 2.97. The number of carboxylic acids is 1. The van der Waals surface area contributed by atoms with E-state index in [4.69, 9.17) is 12.2 Å². The average molecular weight is 407 g/mol. The maximum atomic E-state index is 11.2. The molecule has 3 aromatic rings. The van der Waals surface area contributed by atoms with E-state index in [-0.39, 0.29) is 17.6 Å². The average Bonchev–Trinajstić information content (AvgIpc) is 3.34. The largest absolute Gasteiger partial charge is 0.478 e. The number of aromatic carboxylic acids is 1. The molecular weight excluding hydrogens is 384 g/mol. The Morgan fingerprint density at radius 2 is 1.97 bits per heavy atom. The highest BCUT2D eigenvalue weighted by molar-refractivity contribution is 7.80. The molecule has 0 unspecified atom stereocenters. The lowest BCUT2D eigenvalue weighted by atomic mass is 10.0. The van der Waals surface area contributed by atoms with Gasteiger partial charge in [0.05, 0.1) is 23.3 Å². The lowest BCUT2D eigenvalue weighted by Gasteiger charge is -2.28. The van der Waals surface area contributed by atoms with Gasteiger partial charge in [-0.05, 0) is 67.2 Å². The highest BCUT2D eigenvalue weighted by atomic mass is 32.1. The van der Waals surface area contributed by atoms with Crippen molar-refractivity contribution in [3.8, 4) is 5.69 Å². The molecule has 0 amide bonds. The van der Waals surface area contributed by atoms with Gasteiger partial charge in [0.1, 0.15) is 0 Å². The summed E-state index contributed by atoms with van der Waals surface area (Å²) in [7, 11) is 0. The molecule has 1 aliphatic heterocycles. The van der Waals surface area contributed by atoms with E-state index in [1.807, 2.05) is 42.6 Å². The van der Waals surface area contributed by atoms with Gasteiger partial charge in [0, 0.05) is 30.3 Å². The summed E-state index contributed by atoms with van der Waals surface area (Å²) in [5.41, 5.74) is 3.19. The van der Waals surface area contributed by atoms with Gasteiger partial charge in [0.15, 0.2) is 5.11 Å². The molecule has 4 rings (SSSR count). The van der Waals surface area contributed by atoms with Crippen LogP contribution in [0.15, 0.2) is 67.0 Å². The van der Waals surface area contributed by atoms with Gasteiger partial charge in [-0.15, -0.1) is 0 Å². The lowest BCUT2D eigenvalue weighted by Crippen LogP contribution is -2.31. The van der Waals surface area contributed by atoms with E-state index in [1.165, 1.54) is 0 Å². The first kappa shape index (κ1) is 19.1. The van der Waals surface area contributed by atoms with Crippen molar-refractivity contribution >= 4 is 23.3 Å². The molecule has 0 saturated carbocycles. The van der Waals surface area contributed by atoms with Crippen LogP contribution in [0.5, 0.6) is 0 Å². The minimum atomic E-state index is -0.932. The van der Waals surface area contributed by atoms with E-state index in [0.29, 0.717) is 0 Å². The first-order valence-corrected chi connectivity index (χ1v) is 10.00. The van der Waals surface area contributed by atoms with Crippen molar-refractivity contribution in [2.24, 2.45) is 0 Å². The number of carbonyl (C=O) groups is 1. The van der Waals surface area contributed by atoms with E-state index >= 15 is 0 Å². The number of pyridine rings is 1. The molecule has 2 N–H and O–H groups in total. The Balaban J connectivity index is 1.77. The number of nitrogens with one attached hydrogen (secondary N) is 1. The van der Waals surface area contributed by atoms with Crippen molar-refractivity contribution in [1.29, 1.82) is 0 Å². The number of nitrogens with zero attached hydrogens (tertiary/aromatic N) is 3. The van der Waals surface area contributed by atoms with Crippen molar-refractivity contribution in [1.82, 2.24) is 19.8 Å². The second kappa shape index (κ2) is 8.05. The first-order valence-electron chi connectivity index (χ1n) is 9.59. The van der Waals surface area contributed by atoms with Gasteiger partial charge in [-0.1, -0.05) is 13.0 Å². The third-order valence-corrected chi connectivity index (χ3v) is 5.49. The zero-order valence-electron chi connectivity index (χ0n) is 16.0. The topological polar surface area (TPSA) is 70.4 Å². The fraction of sp³-hybridized carbons (Fsp3) is 0.227. The number of thiocarbonyl (C=S) groups is 1. The van der Waals surface area contributed by atoms with Crippen molar-refractivity contribution in [2.75, 3.05) is 6.54 Å². The van der Waals surface area contributed by atoms with Crippen LogP contribution < -0.4 is 5.32 Å². The molecule has 2 atom stereocenters. The van der Waals surface area contributed by atoms with Gasteiger partial charge in [-0.25, -0.2) is 4.79 Å². The van der Waals surface area contributed by atoms with Crippen LogP contribution in [0.3, 0.4) is 0 Å². The minimum absolute atomic E-state index is 0.0218. The molecule has 2 aromatic heterocycles. The van der Waals surface area contributed by atoms with Crippen LogP contribution in [-0.4, -0.2) is 37.2 Å². The highest BCUT2D eigenvalue weighted by Gasteiger charge is 2.40. The summed E-state index contributed by atoms with van der Waals surface area (Å²) in [5.74, 6) is -0.932. The van der Waals surface area contributed by atoms with Crippen molar-refractivity contribution < 1.29 is 9.90 Å². The molecule has 1 fully saturated rings. The molecule has 1 aromatic carbocycles. The fourth-order valence-corrected chi connectivity index (χ4v) is 4.18. The number of rotatable bonds is 6. The monoisotopic (exact) mass is 406 g/mol. The maximum Gasteiger partial charge on any atom is 0.335 e. The Labute approximate surface area is 174 Å². The molecule has 0 bridgehead atoms. The Morgan fingerprint density at radius 3 is 2.62 bits per heavy atom. The summed E-state index contributed by atoms with van der Waals surface area (Å²) in [6, 6.07) is 16.8. The Kier molecular flexibility index (Phi) is 5.31. The van der Waals surface area contributed by atoms with Gasteiger partial charge in [-0.3, -0.25) is 4.98 Å². The molecule has 1 saturated heterocycles. The zero-order chi connectivity index (χ0) is 20.4. The second-order valence-electron chi connectivity index (χ2n) is 6.98. The van der Waals surface area contributed by atoms with Crippen LogP contribution in [-0.2, 0) is 0 Å². The molecule has 0 aliphatic carbocycles. The van der Waals surface area contributed by atoms with E-state index in [1.54, 1.807) is 18.3 Å². The van der Waals surface area contributed by atoms with E-state index < -0.39 is 5.97 Å². The standard InChI is InChI=1S/C22H22N4O2S/c1-2-13-26-20(19(24-22(26)29)17-6-3-4-12-23-17)18-7-5-14-25(18)16-10-8-15(9-11-16)21(27)28/h3-12,14,19-20H,2,13H2,1H3,(H,24,29)(H,27,28)/t19-,20-/m1/s1. The van der Waals surface area contributed by atoms with E-state index in [0.717, 1.165) is 35.2 Å². The predicted octanol–water partition coefficient (Wildman–Crippen LogP) is 3.95. The van der Waals surface area contributed by atoms with Crippen LogP contribution in [0.1, 0.15) is 47.2 Å². The van der Waals surface area contributed by atoms with E-state index in [2.05, 4.69) is 32.8 Å². The van der Waals surface area contributed by atoms with Crippen LogP contribution in [0.2, 0.25) is 0 Å². The van der Waals surface area contributed by atoms with Crippen molar-refractivity contribution in [2.45, 2.75) is 25.4 Å². The van der Waals surface area contributed by atoms with Crippen LogP contribution >= 0.6 is 12.2 Å². The number of hydrogen-bond acceptors (Lipinski definition) is 3. The maximum absolute atomic E-state index is 11.2. The smallest absolute Gasteiger partial charge is 0.335 e. The fourth-order valence-electron chi connectivity index (χ4n) is 3.84. The molecule has 0 spiro atoms. The van der Waals surface area contributed by atoms with Crippen LogP contribution in [0, 0.1) is 0 Å². The van der Waals surface area contributed by atoms with Gasteiger partial charge < -0.3 is 19.9 Å². The first-order chi connectivity index (χ1) is 14.1.